The molecule has 1 aromatic carbocycles. The Morgan fingerprint density at radius 2 is 1.97 bits per heavy atom. The Kier molecular flexibility index (Phi) is 9.38. The molecular formula is C22H35FN4O2. The lowest BCUT2D eigenvalue weighted by Gasteiger charge is -2.29. The van der Waals surface area contributed by atoms with Crippen molar-refractivity contribution >= 4 is 11.9 Å². The van der Waals surface area contributed by atoms with E-state index in [2.05, 4.69) is 15.6 Å². The number of nitrogens with zero attached hydrogens (tertiary/aromatic N) is 2. The molecule has 7 heteroatoms. The van der Waals surface area contributed by atoms with Crippen molar-refractivity contribution in [2.75, 3.05) is 27.2 Å². The maximum Gasteiger partial charge on any atom is 0.308 e. The average molecular weight is 407 g/mol. The number of nitrogens with one attached hydrogen (secondary N) is 2. The maximum absolute atomic E-state index is 14.0. The van der Waals surface area contributed by atoms with Gasteiger partial charge in [0.15, 0.2) is 5.96 Å². The first kappa shape index (κ1) is 23.1. The lowest BCUT2D eigenvalue weighted by molar-refractivity contribution is -0.149. The lowest BCUT2D eigenvalue weighted by atomic mass is 9.86. The van der Waals surface area contributed by atoms with Crippen LogP contribution in [0.3, 0.4) is 0 Å². The first-order valence-electron chi connectivity index (χ1n) is 10.6. The minimum Gasteiger partial charge on any atom is -0.466 e. The van der Waals surface area contributed by atoms with Gasteiger partial charge in [0.1, 0.15) is 5.82 Å². The quantitative estimate of drug-likeness (QED) is 0.395. The number of ether oxygens (including phenoxy) is 1. The number of rotatable bonds is 8. The van der Waals surface area contributed by atoms with Crippen LogP contribution < -0.4 is 10.6 Å². The van der Waals surface area contributed by atoms with Crippen molar-refractivity contribution in [2.24, 2.45) is 10.9 Å². The molecule has 1 aliphatic rings. The van der Waals surface area contributed by atoms with Crippen LogP contribution in [0.15, 0.2) is 23.2 Å². The van der Waals surface area contributed by atoms with E-state index in [0.717, 1.165) is 43.8 Å². The van der Waals surface area contributed by atoms with Gasteiger partial charge in [0, 0.05) is 24.7 Å². The summed E-state index contributed by atoms with van der Waals surface area (Å²) < 4.78 is 19.1. The van der Waals surface area contributed by atoms with E-state index in [9.17, 15) is 9.18 Å². The molecule has 1 fully saturated rings. The fourth-order valence-corrected chi connectivity index (χ4v) is 3.61. The van der Waals surface area contributed by atoms with Crippen LogP contribution >= 0.6 is 0 Å². The zero-order chi connectivity index (χ0) is 21.2. The number of hydrogen-bond acceptors (Lipinski definition) is 4. The van der Waals surface area contributed by atoms with Gasteiger partial charge in [-0.3, -0.25) is 4.79 Å². The van der Waals surface area contributed by atoms with Gasteiger partial charge in [0.05, 0.1) is 19.1 Å². The number of esters is 1. The summed E-state index contributed by atoms with van der Waals surface area (Å²) in [4.78, 5) is 18.5. The normalized spacial score (nSPS) is 19.9. The molecule has 0 unspecified atom stereocenters. The Hall–Kier alpha value is -2.15. The summed E-state index contributed by atoms with van der Waals surface area (Å²) in [7, 11) is 3.85. The van der Waals surface area contributed by atoms with Crippen LogP contribution in [-0.4, -0.2) is 50.1 Å². The summed E-state index contributed by atoms with van der Waals surface area (Å²) in [6.45, 7) is 6.11. The van der Waals surface area contributed by atoms with E-state index in [1.54, 1.807) is 6.07 Å². The van der Waals surface area contributed by atoms with Crippen molar-refractivity contribution in [3.05, 3.63) is 35.1 Å². The van der Waals surface area contributed by atoms with E-state index in [1.807, 2.05) is 38.9 Å². The summed E-state index contributed by atoms with van der Waals surface area (Å²) in [6.07, 6.45) is 3.50. The summed E-state index contributed by atoms with van der Waals surface area (Å²) in [5, 5.41) is 6.76. The van der Waals surface area contributed by atoms with Gasteiger partial charge in [-0.1, -0.05) is 6.07 Å². The highest BCUT2D eigenvalue weighted by atomic mass is 19.1. The number of halogens is 1. The number of benzene rings is 1. The smallest absolute Gasteiger partial charge is 0.308 e. The molecule has 0 amide bonds. The highest BCUT2D eigenvalue weighted by Crippen LogP contribution is 2.25. The largest absolute Gasteiger partial charge is 0.466 e. The number of aliphatic imine (C=N–C) groups is 1. The minimum atomic E-state index is -0.185. The van der Waals surface area contributed by atoms with Crippen LogP contribution in [0.4, 0.5) is 4.39 Å². The third-order valence-corrected chi connectivity index (χ3v) is 5.05. The molecule has 0 saturated heterocycles. The van der Waals surface area contributed by atoms with E-state index in [4.69, 9.17) is 4.74 Å². The van der Waals surface area contributed by atoms with E-state index < -0.39 is 0 Å². The molecule has 0 atom stereocenters. The third-order valence-electron chi connectivity index (χ3n) is 5.05. The molecule has 2 N–H and O–H groups in total. The highest BCUT2D eigenvalue weighted by molar-refractivity contribution is 5.80. The summed E-state index contributed by atoms with van der Waals surface area (Å²) in [5.74, 6) is 0.513. The summed E-state index contributed by atoms with van der Waals surface area (Å²) in [5.41, 5.74) is 1.66. The third kappa shape index (κ3) is 7.65. The molecule has 2 rings (SSSR count). The van der Waals surface area contributed by atoms with Gasteiger partial charge < -0.3 is 20.3 Å². The molecule has 0 aromatic heterocycles. The Morgan fingerprint density at radius 3 is 2.59 bits per heavy atom. The van der Waals surface area contributed by atoms with E-state index in [0.29, 0.717) is 25.3 Å². The molecule has 6 nitrogen and oxygen atoms in total. The van der Waals surface area contributed by atoms with Gasteiger partial charge in [-0.2, -0.15) is 0 Å². The number of guanidine groups is 1. The van der Waals surface area contributed by atoms with Crippen molar-refractivity contribution in [2.45, 2.75) is 58.7 Å². The van der Waals surface area contributed by atoms with Crippen molar-refractivity contribution in [3.8, 4) is 0 Å². The Bertz CT molecular complexity index is 685. The van der Waals surface area contributed by atoms with E-state index >= 15 is 0 Å². The molecule has 1 aromatic rings. The fourth-order valence-electron chi connectivity index (χ4n) is 3.61. The molecule has 162 valence electrons. The van der Waals surface area contributed by atoms with Gasteiger partial charge in [0.25, 0.3) is 0 Å². The van der Waals surface area contributed by atoms with Gasteiger partial charge in [-0.15, -0.1) is 0 Å². The first-order valence-corrected chi connectivity index (χ1v) is 10.6. The second kappa shape index (κ2) is 11.8. The zero-order valence-corrected chi connectivity index (χ0v) is 18.1. The first-order chi connectivity index (χ1) is 13.9. The molecule has 1 saturated carbocycles. The van der Waals surface area contributed by atoms with Crippen LogP contribution in [0.1, 0.15) is 50.7 Å². The monoisotopic (exact) mass is 406 g/mol. The standard InChI is InChI=1S/C22H35FN4O2/c1-5-24-22(26-19-10-8-17(9-11-19)21(28)29-6-2)25-14-16-7-12-20(23)18(13-16)15-27(3)4/h7,12-13,17,19H,5-6,8-11,14-15H2,1-4H3,(H2,24,25,26). The van der Waals surface area contributed by atoms with Gasteiger partial charge in [-0.25, -0.2) is 9.38 Å². The molecule has 0 heterocycles. The molecule has 29 heavy (non-hydrogen) atoms. The van der Waals surface area contributed by atoms with E-state index in [-0.39, 0.29) is 23.7 Å². The van der Waals surface area contributed by atoms with Crippen LogP contribution in [0, 0.1) is 11.7 Å². The summed E-state index contributed by atoms with van der Waals surface area (Å²) >= 11 is 0. The maximum atomic E-state index is 14.0. The van der Waals surface area contributed by atoms with E-state index in [1.165, 1.54) is 6.07 Å². The van der Waals surface area contributed by atoms with Crippen molar-refractivity contribution in [1.29, 1.82) is 0 Å². The van der Waals surface area contributed by atoms with Gasteiger partial charge in [-0.05, 0) is 71.3 Å². The van der Waals surface area contributed by atoms with Crippen molar-refractivity contribution in [1.82, 2.24) is 15.5 Å². The molecule has 0 aliphatic heterocycles. The average Bonchev–Trinajstić information content (AvgIpc) is 2.69. The summed E-state index contributed by atoms with van der Waals surface area (Å²) in [6, 6.07) is 5.47. The molecule has 0 spiro atoms. The SMILES string of the molecule is CCNC(=NCc1ccc(F)c(CN(C)C)c1)NC1CCC(C(=O)OCC)CC1. The Balaban J connectivity index is 1.94. The lowest BCUT2D eigenvalue weighted by Crippen LogP contribution is -2.45. The minimum absolute atomic E-state index is 0.0156. The second-order valence-corrected chi connectivity index (χ2v) is 7.80. The Labute approximate surface area is 173 Å². The highest BCUT2D eigenvalue weighted by Gasteiger charge is 2.27. The van der Waals surface area contributed by atoms with Crippen LogP contribution in [0.25, 0.3) is 0 Å². The fraction of sp³-hybridized carbons (Fsp3) is 0.636. The number of carbonyl (C=O) groups excluding carboxylic acids is 1. The van der Waals surface area contributed by atoms with Crippen LogP contribution in [0.5, 0.6) is 0 Å². The number of carbonyl (C=O) groups is 1. The van der Waals surface area contributed by atoms with Gasteiger partial charge >= 0.3 is 5.97 Å². The van der Waals surface area contributed by atoms with Crippen molar-refractivity contribution in [3.63, 3.8) is 0 Å². The van der Waals surface area contributed by atoms with Crippen LogP contribution in [0.2, 0.25) is 0 Å². The predicted octanol–water partition coefficient (Wildman–Crippen LogP) is 3.06. The molecular weight excluding hydrogens is 371 g/mol. The molecule has 1 aliphatic carbocycles. The topological polar surface area (TPSA) is 66.0 Å². The van der Waals surface area contributed by atoms with Crippen molar-refractivity contribution < 1.29 is 13.9 Å². The zero-order valence-electron chi connectivity index (χ0n) is 18.1. The predicted molar refractivity (Wildman–Crippen MR) is 114 cm³/mol. The molecule has 0 bridgehead atoms. The second-order valence-electron chi connectivity index (χ2n) is 7.80. The molecule has 0 radical (unpaired) electrons. The Morgan fingerprint density at radius 1 is 1.24 bits per heavy atom. The number of hydrogen-bond donors (Lipinski definition) is 2. The van der Waals surface area contributed by atoms with Crippen LogP contribution in [-0.2, 0) is 22.6 Å². The van der Waals surface area contributed by atoms with Gasteiger partial charge in [0.2, 0.25) is 0 Å².